The Morgan fingerprint density at radius 2 is 1.81 bits per heavy atom. The molecular weight excluding hydrogens is 470 g/mol. The first-order chi connectivity index (χ1) is 17.3. The number of benzene rings is 2. The fourth-order valence-electron chi connectivity index (χ4n) is 4.21. The molecule has 1 atom stereocenters. The second-order valence-corrected chi connectivity index (χ2v) is 8.23. The lowest BCUT2D eigenvalue weighted by atomic mass is 9.87. The molecule has 3 aromatic rings. The Kier molecular flexibility index (Phi) is 7.23. The number of phenolic OH excluding ortho intramolecular Hbond substituents is 1. The summed E-state index contributed by atoms with van der Waals surface area (Å²) in [4.78, 5) is 25.9. The summed E-state index contributed by atoms with van der Waals surface area (Å²) in [6, 6.07) is 9.60. The zero-order valence-electron chi connectivity index (χ0n) is 20.1. The van der Waals surface area contributed by atoms with E-state index in [1.807, 2.05) is 0 Å². The molecule has 10 heteroatoms. The van der Waals surface area contributed by atoms with Crippen LogP contribution >= 0.6 is 0 Å². The molecule has 190 valence electrons. The van der Waals surface area contributed by atoms with Gasteiger partial charge in [-0.05, 0) is 37.1 Å². The van der Waals surface area contributed by atoms with E-state index in [1.165, 1.54) is 20.3 Å². The van der Waals surface area contributed by atoms with Gasteiger partial charge in [-0.15, -0.1) is 0 Å². The van der Waals surface area contributed by atoms with Gasteiger partial charge < -0.3 is 38.9 Å². The molecule has 2 aromatic carbocycles. The van der Waals surface area contributed by atoms with Crippen LogP contribution < -0.4 is 29.9 Å². The summed E-state index contributed by atoms with van der Waals surface area (Å²) in [5.74, 6) is -0.0216. The number of phenols is 1. The number of aryl methyl sites for hydroxylation is 1. The van der Waals surface area contributed by atoms with Crippen LogP contribution in [-0.4, -0.2) is 43.7 Å². The second-order valence-electron chi connectivity index (χ2n) is 8.23. The molecule has 1 unspecified atom stereocenters. The average molecular weight is 498 g/mol. The third-order valence-corrected chi connectivity index (χ3v) is 5.89. The predicted octanol–water partition coefficient (Wildman–Crippen LogP) is 2.99. The number of nitrogens with one attached hydrogen (secondary N) is 1. The van der Waals surface area contributed by atoms with Gasteiger partial charge in [-0.3, -0.25) is 4.79 Å². The van der Waals surface area contributed by atoms with Crippen LogP contribution in [0, 0.1) is 6.92 Å². The van der Waals surface area contributed by atoms with E-state index in [1.54, 1.807) is 37.3 Å². The van der Waals surface area contributed by atoms with Crippen molar-refractivity contribution in [2.24, 2.45) is 0 Å². The largest absolute Gasteiger partial charge is 0.508 e. The minimum atomic E-state index is -0.950. The van der Waals surface area contributed by atoms with Crippen LogP contribution in [0.15, 0.2) is 45.6 Å². The highest BCUT2D eigenvalue weighted by molar-refractivity contribution is 5.78. The molecule has 0 aliphatic carbocycles. The van der Waals surface area contributed by atoms with Crippen LogP contribution in [0.25, 0.3) is 0 Å². The Morgan fingerprint density at radius 3 is 2.47 bits per heavy atom. The van der Waals surface area contributed by atoms with E-state index >= 15 is 0 Å². The topological polar surface area (TPSA) is 137 Å². The summed E-state index contributed by atoms with van der Waals surface area (Å²) in [5.41, 5.74) is 0.462. The van der Waals surface area contributed by atoms with Crippen molar-refractivity contribution in [3.05, 3.63) is 69.3 Å². The fraction of sp³-hybridized carbons (Fsp3) is 0.308. The average Bonchev–Trinajstić information content (AvgIpc) is 3.33. The number of rotatable bonds is 9. The summed E-state index contributed by atoms with van der Waals surface area (Å²) in [7, 11) is 2.88. The maximum Gasteiger partial charge on any atom is 0.343 e. The molecule has 0 bridgehead atoms. The molecule has 2 heterocycles. The molecule has 0 fully saturated rings. The maximum absolute atomic E-state index is 13.0. The van der Waals surface area contributed by atoms with Crippen molar-refractivity contribution in [1.82, 2.24) is 5.32 Å². The minimum absolute atomic E-state index is 0.0498. The highest BCUT2D eigenvalue weighted by atomic mass is 16.7. The van der Waals surface area contributed by atoms with E-state index in [4.69, 9.17) is 23.4 Å². The quantitative estimate of drug-likeness (QED) is 0.407. The van der Waals surface area contributed by atoms with Crippen molar-refractivity contribution in [2.45, 2.75) is 25.7 Å². The number of carbonyl (C=O) groups is 1. The number of hydrogen-bond acceptors (Lipinski definition) is 9. The van der Waals surface area contributed by atoms with Crippen LogP contribution in [-0.2, 0) is 11.2 Å². The predicted molar refractivity (Wildman–Crippen MR) is 128 cm³/mol. The number of aromatic hydroxyl groups is 2. The molecule has 3 N–H and O–H groups in total. The fourth-order valence-corrected chi connectivity index (χ4v) is 4.21. The number of carbonyl (C=O) groups excluding carboxylic acids is 1. The molecule has 0 radical (unpaired) electrons. The van der Waals surface area contributed by atoms with Crippen molar-refractivity contribution < 1.29 is 38.4 Å². The molecule has 36 heavy (non-hydrogen) atoms. The van der Waals surface area contributed by atoms with Crippen molar-refractivity contribution in [3.8, 4) is 34.5 Å². The normalized spacial score (nSPS) is 12.8. The molecule has 0 saturated carbocycles. The van der Waals surface area contributed by atoms with Gasteiger partial charge in [-0.1, -0.05) is 12.1 Å². The summed E-state index contributed by atoms with van der Waals surface area (Å²) in [6.45, 7) is 1.82. The van der Waals surface area contributed by atoms with E-state index in [0.717, 1.165) is 5.56 Å². The van der Waals surface area contributed by atoms with Gasteiger partial charge in [0.15, 0.2) is 11.5 Å². The third kappa shape index (κ3) is 5.02. The monoisotopic (exact) mass is 497 g/mol. The second kappa shape index (κ2) is 10.5. The zero-order valence-corrected chi connectivity index (χ0v) is 20.1. The van der Waals surface area contributed by atoms with Gasteiger partial charge in [0.1, 0.15) is 17.3 Å². The first kappa shape index (κ1) is 24.8. The Balaban J connectivity index is 1.69. The standard InChI is InChI=1S/C26H27NO9/c1-14-10-19(29)22(26(31)36-14)17(12-21(30)27-9-8-15-4-6-16(28)7-5-15)18-11-20(32-2)24-25(23(18)33-3)35-13-34-24/h4-7,10-11,17,28-29H,8-9,12-13H2,1-3H3,(H,27,30). The maximum atomic E-state index is 13.0. The van der Waals surface area contributed by atoms with Crippen molar-refractivity contribution in [2.75, 3.05) is 27.6 Å². The third-order valence-electron chi connectivity index (χ3n) is 5.89. The first-order valence-corrected chi connectivity index (χ1v) is 11.2. The molecule has 4 rings (SSSR count). The lowest BCUT2D eigenvalue weighted by Crippen LogP contribution is -2.29. The van der Waals surface area contributed by atoms with E-state index in [-0.39, 0.29) is 53.4 Å². The summed E-state index contributed by atoms with van der Waals surface area (Å²) >= 11 is 0. The van der Waals surface area contributed by atoms with Gasteiger partial charge in [0.25, 0.3) is 0 Å². The van der Waals surface area contributed by atoms with Crippen LogP contribution in [0.5, 0.6) is 34.5 Å². The van der Waals surface area contributed by atoms with E-state index < -0.39 is 11.5 Å². The van der Waals surface area contributed by atoms with Crippen LogP contribution in [0.1, 0.15) is 34.8 Å². The van der Waals surface area contributed by atoms with Crippen LogP contribution in [0.2, 0.25) is 0 Å². The highest BCUT2D eigenvalue weighted by Gasteiger charge is 2.34. The molecular formula is C26H27NO9. The van der Waals surface area contributed by atoms with Gasteiger partial charge in [-0.25, -0.2) is 4.79 Å². The minimum Gasteiger partial charge on any atom is -0.508 e. The van der Waals surface area contributed by atoms with E-state index in [0.29, 0.717) is 30.0 Å². The lowest BCUT2D eigenvalue weighted by molar-refractivity contribution is -0.121. The summed E-state index contributed by atoms with van der Waals surface area (Å²) in [5, 5.41) is 23.0. The summed E-state index contributed by atoms with van der Waals surface area (Å²) < 4.78 is 27.4. The number of hydrogen-bond donors (Lipinski definition) is 3. The van der Waals surface area contributed by atoms with Crippen molar-refractivity contribution in [3.63, 3.8) is 0 Å². The van der Waals surface area contributed by atoms with Gasteiger partial charge in [0.05, 0.1) is 19.8 Å². The molecule has 0 saturated heterocycles. The van der Waals surface area contributed by atoms with Gasteiger partial charge >= 0.3 is 5.63 Å². The molecule has 1 aromatic heterocycles. The van der Waals surface area contributed by atoms with Crippen molar-refractivity contribution in [1.29, 1.82) is 0 Å². The van der Waals surface area contributed by atoms with Gasteiger partial charge in [-0.2, -0.15) is 0 Å². The number of fused-ring (bicyclic) bond motifs is 1. The lowest BCUT2D eigenvalue weighted by Gasteiger charge is -2.22. The van der Waals surface area contributed by atoms with Gasteiger partial charge in [0, 0.05) is 30.5 Å². The molecule has 1 aliphatic rings. The number of amides is 1. The molecule has 1 amide bonds. The highest BCUT2D eigenvalue weighted by Crippen LogP contribution is 2.52. The Morgan fingerprint density at radius 1 is 1.08 bits per heavy atom. The van der Waals surface area contributed by atoms with E-state index in [2.05, 4.69) is 5.32 Å². The molecule has 0 spiro atoms. The van der Waals surface area contributed by atoms with Gasteiger partial charge in [0.2, 0.25) is 24.2 Å². The number of ether oxygens (including phenoxy) is 4. The first-order valence-electron chi connectivity index (χ1n) is 11.2. The smallest absolute Gasteiger partial charge is 0.343 e. The Labute approximate surface area is 207 Å². The zero-order chi connectivity index (χ0) is 25.8. The number of methoxy groups -OCH3 is 2. The van der Waals surface area contributed by atoms with E-state index in [9.17, 15) is 19.8 Å². The Hall–Kier alpha value is -4.34. The summed E-state index contributed by atoms with van der Waals surface area (Å²) in [6.07, 6.45) is 0.339. The Bertz CT molecular complexity index is 1310. The molecule has 10 nitrogen and oxygen atoms in total. The van der Waals surface area contributed by atoms with Crippen molar-refractivity contribution >= 4 is 5.91 Å². The van der Waals surface area contributed by atoms with Crippen LogP contribution in [0.4, 0.5) is 0 Å². The SMILES string of the molecule is COc1cc(C(CC(=O)NCCc2ccc(O)cc2)c2c(O)cc(C)oc2=O)c(OC)c2c1OCO2. The van der Waals surface area contributed by atoms with Crippen LogP contribution in [0.3, 0.4) is 0 Å². The molecule has 1 aliphatic heterocycles.